The quantitative estimate of drug-likeness (QED) is 0.435. The Balaban J connectivity index is 2.88. The predicted molar refractivity (Wildman–Crippen MR) is 33.7 cm³/mol. The van der Waals surface area contributed by atoms with E-state index in [1.54, 1.807) is 6.42 Å². The molecule has 0 aliphatic rings. The third-order valence-corrected chi connectivity index (χ3v) is 0.983. The van der Waals surface area contributed by atoms with Crippen LogP contribution in [0, 0.1) is 6.42 Å². The van der Waals surface area contributed by atoms with Crippen LogP contribution >= 0.6 is 0 Å². The van der Waals surface area contributed by atoms with Crippen LogP contribution in [0.3, 0.4) is 0 Å². The minimum atomic E-state index is -0.656. The van der Waals surface area contributed by atoms with Crippen LogP contribution in [-0.4, -0.2) is 34.6 Å². The van der Waals surface area contributed by atoms with Crippen molar-refractivity contribution in [2.45, 2.75) is 18.9 Å². The second-order valence-electron chi connectivity index (χ2n) is 1.87. The Bertz CT molecular complexity index is 56.3. The fraction of sp³-hybridized carbons (Fsp3) is 0.833. The van der Waals surface area contributed by atoms with Crippen molar-refractivity contribution in [3.05, 3.63) is 6.42 Å². The third kappa shape index (κ3) is 5.76. The maximum atomic E-state index is 8.72. The standard InChI is InChI=1S/C6H13O3/c7-4-2-1-3-6(9)5-8/h1,6-9H,2-5H2. The second kappa shape index (κ2) is 6.01. The Morgan fingerprint density at radius 2 is 2.00 bits per heavy atom. The molecule has 55 valence electrons. The molecular formula is C6H13O3. The summed E-state index contributed by atoms with van der Waals surface area (Å²) in [6.45, 7) is -0.0971. The van der Waals surface area contributed by atoms with E-state index in [0.29, 0.717) is 12.8 Å². The van der Waals surface area contributed by atoms with Crippen LogP contribution in [-0.2, 0) is 0 Å². The summed E-state index contributed by atoms with van der Waals surface area (Å²) in [5.74, 6) is 0. The van der Waals surface area contributed by atoms with Crippen LogP contribution in [0.2, 0.25) is 0 Å². The van der Waals surface area contributed by atoms with Gasteiger partial charge in [0, 0.05) is 6.61 Å². The third-order valence-electron chi connectivity index (χ3n) is 0.983. The molecule has 9 heavy (non-hydrogen) atoms. The van der Waals surface area contributed by atoms with Crippen LogP contribution in [0.5, 0.6) is 0 Å². The molecule has 0 heterocycles. The molecule has 0 aliphatic carbocycles. The van der Waals surface area contributed by atoms with Crippen molar-refractivity contribution in [1.82, 2.24) is 0 Å². The van der Waals surface area contributed by atoms with E-state index in [0.717, 1.165) is 0 Å². The van der Waals surface area contributed by atoms with Gasteiger partial charge < -0.3 is 15.3 Å². The normalized spacial score (nSPS) is 13.7. The van der Waals surface area contributed by atoms with Gasteiger partial charge in [-0.1, -0.05) is 0 Å². The lowest BCUT2D eigenvalue weighted by Gasteiger charge is -2.03. The monoisotopic (exact) mass is 133 g/mol. The van der Waals surface area contributed by atoms with Gasteiger partial charge in [-0.2, -0.15) is 0 Å². The molecule has 0 bridgehead atoms. The predicted octanol–water partition coefficient (Wildman–Crippen LogP) is -0.684. The lowest BCUT2D eigenvalue weighted by atomic mass is 10.2. The summed E-state index contributed by atoms with van der Waals surface area (Å²) in [6.07, 6.45) is 2.13. The first-order valence-electron chi connectivity index (χ1n) is 3.02. The van der Waals surface area contributed by atoms with Gasteiger partial charge >= 0.3 is 0 Å². The van der Waals surface area contributed by atoms with Crippen molar-refractivity contribution in [2.24, 2.45) is 0 Å². The average Bonchev–Trinajstić information content (AvgIpc) is 1.89. The van der Waals surface area contributed by atoms with E-state index in [1.165, 1.54) is 0 Å². The number of aliphatic hydroxyl groups excluding tert-OH is 3. The zero-order valence-electron chi connectivity index (χ0n) is 5.32. The SMILES string of the molecule is OCC[CH]CC(O)CO. The van der Waals surface area contributed by atoms with Gasteiger partial charge in [-0.3, -0.25) is 0 Å². The lowest BCUT2D eigenvalue weighted by molar-refractivity contribution is 0.0934. The Kier molecular flexibility index (Phi) is 5.93. The fourth-order valence-electron chi connectivity index (χ4n) is 0.476. The first-order chi connectivity index (χ1) is 4.31. The highest BCUT2D eigenvalue weighted by Crippen LogP contribution is 1.96. The van der Waals surface area contributed by atoms with E-state index in [1.807, 2.05) is 0 Å². The van der Waals surface area contributed by atoms with Gasteiger partial charge in [0.25, 0.3) is 0 Å². The largest absolute Gasteiger partial charge is 0.396 e. The van der Waals surface area contributed by atoms with Gasteiger partial charge in [0.2, 0.25) is 0 Å². The molecule has 3 nitrogen and oxygen atoms in total. The first kappa shape index (κ1) is 8.88. The minimum Gasteiger partial charge on any atom is -0.396 e. The Morgan fingerprint density at radius 1 is 1.33 bits per heavy atom. The molecule has 0 saturated carbocycles. The lowest BCUT2D eigenvalue weighted by Crippen LogP contribution is -2.11. The summed E-state index contributed by atoms with van der Waals surface area (Å²) in [5.41, 5.74) is 0. The molecule has 1 unspecified atom stereocenters. The smallest absolute Gasteiger partial charge is 0.0773 e. The maximum absolute atomic E-state index is 8.72. The van der Waals surface area contributed by atoms with Crippen molar-refractivity contribution in [2.75, 3.05) is 13.2 Å². The van der Waals surface area contributed by atoms with Gasteiger partial charge in [0.1, 0.15) is 0 Å². The van der Waals surface area contributed by atoms with Crippen molar-refractivity contribution < 1.29 is 15.3 Å². The average molecular weight is 133 g/mol. The highest BCUT2D eigenvalue weighted by atomic mass is 16.3. The van der Waals surface area contributed by atoms with Crippen molar-refractivity contribution in [3.8, 4) is 0 Å². The van der Waals surface area contributed by atoms with E-state index in [2.05, 4.69) is 0 Å². The van der Waals surface area contributed by atoms with E-state index in [4.69, 9.17) is 15.3 Å². The molecule has 3 N–H and O–H groups in total. The van der Waals surface area contributed by atoms with Crippen molar-refractivity contribution >= 4 is 0 Å². The van der Waals surface area contributed by atoms with Crippen LogP contribution in [0.25, 0.3) is 0 Å². The molecule has 3 heteroatoms. The second-order valence-corrected chi connectivity index (χ2v) is 1.87. The summed E-state index contributed by atoms with van der Waals surface area (Å²) in [6, 6.07) is 0. The van der Waals surface area contributed by atoms with E-state index in [-0.39, 0.29) is 13.2 Å². The first-order valence-corrected chi connectivity index (χ1v) is 3.02. The molecule has 0 aromatic heterocycles. The summed E-state index contributed by atoms with van der Waals surface area (Å²) in [5, 5.41) is 25.3. The van der Waals surface area contributed by atoms with E-state index >= 15 is 0 Å². The molecule has 0 aromatic rings. The highest BCUT2D eigenvalue weighted by Gasteiger charge is 1.99. The summed E-state index contributed by atoms with van der Waals surface area (Å²) < 4.78 is 0. The molecule has 0 fully saturated rings. The summed E-state index contributed by atoms with van der Waals surface area (Å²) in [7, 11) is 0. The Labute approximate surface area is 54.9 Å². The Hall–Kier alpha value is -0.120. The zero-order valence-corrected chi connectivity index (χ0v) is 5.32. The van der Waals surface area contributed by atoms with Gasteiger partial charge in [0.05, 0.1) is 12.7 Å². The number of hydrogen-bond acceptors (Lipinski definition) is 3. The molecule has 0 saturated heterocycles. The van der Waals surface area contributed by atoms with Gasteiger partial charge in [-0.25, -0.2) is 0 Å². The van der Waals surface area contributed by atoms with Gasteiger partial charge in [-0.15, -0.1) is 0 Å². The number of aliphatic hydroxyl groups is 3. The summed E-state index contributed by atoms with van der Waals surface area (Å²) >= 11 is 0. The van der Waals surface area contributed by atoms with Crippen molar-refractivity contribution in [3.63, 3.8) is 0 Å². The van der Waals surface area contributed by atoms with Crippen LogP contribution in [0.4, 0.5) is 0 Å². The molecule has 0 spiro atoms. The molecule has 0 amide bonds. The molecule has 1 radical (unpaired) electrons. The van der Waals surface area contributed by atoms with E-state index < -0.39 is 6.10 Å². The molecule has 0 aromatic carbocycles. The van der Waals surface area contributed by atoms with Crippen LogP contribution < -0.4 is 0 Å². The van der Waals surface area contributed by atoms with Crippen LogP contribution in [0.15, 0.2) is 0 Å². The summed E-state index contributed by atoms with van der Waals surface area (Å²) in [4.78, 5) is 0. The van der Waals surface area contributed by atoms with E-state index in [9.17, 15) is 0 Å². The molecular weight excluding hydrogens is 120 g/mol. The number of hydrogen-bond donors (Lipinski definition) is 3. The number of unbranched alkanes of at least 4 members (excludes halogenated alkanes) is 1. The van der Waals surface area contributed by atoms with Gasteiger partial charge in [0.15, 0.2) is 0 Å². The van der Waals surface area contributed by atoms with Gasteiger partial charge in [-0.05, 0) is 19.3 Å². The minimum absolute atomic E-state index is 0.109. The molecule has 1 atom stereocenters. The fourth-order valence-corrected chi connectivity index (χ4v) is 0.476. The topological polar surface area (TPSA) is 60.7 Å². The van der Waals surface area contributed by atoms with Crippen molar-refractivity contribution in [1.29, 1.82) is 0 Å². The molecule has 0 aliphatic heterocycles. The van der Waals surface area contributed by atoms with Crippen LogP contribution in [0.1, 0.15) is 12.8 Å². The zero-order chi connectivity index (χ0) is 7.11. The maximum Gasteiger partial charge on any atom is 0.0773 e. The highest BCUT2D eigenvalue weighted by molar-refractivity contribution is 4.68. The number of rotatable bonds is 5. The Morgan fingerprint density at radius 3 is 2.44 bits per heavy atom. The molecule has 0 rings (SSSR count).